The monoisotopic (exact) mass is 117 g/mol. The zero-order valence-corrected chi connectivity index (χ0v) is 7.13. The van der Waals surface area contributed by atoms with Crippen LogP contribution in [0.3, 0.4) is 0 Å². The Morgan fingerprint density at radius 3 is 2.00 bits per heavy atom. The Labute approximate surface area is 70.6 Å². The van der Waals surface area contributed by atoms with Crippen molar-refractivity contribution in [1.29, 1.82) is 0 Å². The average Bonchev–Trinajstić information content (AvgIpc) is 1.69. The maximum Gasteiger partial charge on any atom is 1.00 e. The molecule has 0 radical (unpaired) electrons. The van der Waals surface area contributed by atoms with Crippen LogP contribution < -0.4 is 29.6 Å². The standard InChI is InChI=1S/C5H6N2.Na/c1-5-6-3-2-4-7-5;/h2-4H,1H3;/q;+1. The van der Waals surface area contributed by atoms with Crippen molar-refractivity contribution in [2.45, 2.75) is 6.92 Å². The van der Waals surface area contributed by atoms with Crippen molar-refractivity contribution in [1.82, 2.24) is 9.97 Å². The molecule has 0 N–H and O–H groups in total. The Bertz CT molecular complexity index is 140. The Morgan fingerprint density at radius 2 is 1.75 bits per heavy atom. The van der Waals surface area contributed by atoms with Crippen molar-refractivity contribution in [2.24, 2.45) is 0 Å². The molecule has 1 heterocycles. The van der Waals surface area contributed by atoms with E-state index >= 15 is 0 Å². The Kier molecular flexibility index (Phi) is 4.05. The molecule has 1 aromatic heterocycles. The van der Waals surface area contributed by atoms with Crippen LogP contribution in [-0.2, 0) is 0 Å². The Balaban J connectivity index is 0.000000490. The van der Waals surface area contributed by atoms with Crippen LogP contribution in [0.5, 0.6) is 0 Å². The van der Waals surface area contributed by atoms with Gasteiger partial charge in [-0.25, -0.2) is 9.97 Å². The van der Waals surface area contributed by atoms with Gasteiger partial charge in [0.05, 0.1) is 0 Å². The minimum Gasteiger partial charge on any atom is -0.242 e. The van der Waals surface area contributed by atoms with Crippen LogP contribution in [0.4, 0.5) is 0 Å². The van der Waals surface area contributed by atoms with Crippen molar-refractivity contribution < 1.29 is 29.6 Å². The van der Waals surface area contributed by atoms with Gasteiger partial charge in [-0.2, -0.15) is 0 Å². The molecule has 0 saturated heterocycles. The minimum atomic E-state index is 0. The van der Waals surface area contributed by atoms with Crippen molar-refractivity contribution in [3.8, 4) is 0 Å². The Hall–Kier alpha value is 0.0800. The average molecular weight is 117 g/mol. The second kappa shape index (κ2) is 4.01. The predicted molar refractivity (Wildman–Crippen MR) is 26.8 cm³/mol. The van der Waals surface area contributed by atoms with E-state index in [1.807, 2.05) is 6.92 Å². The van der Waals surface area contributed by atoms with E-state index in [0.29, 0.717) is 0 Å². The van der Waals surface area contributed by atoms with Crippen LogP contribution in [0.15, 0.2) is 18.5 Å². The minimum absolute atomic E-state index is 0. The first-order chi connectivity index (χ1) is 3.39. The van der Waals surface area contributed by atoms with Gasteiger partial charge in [0.15, 0.2) is 0 Å². The molecule has 2 nitrogen and oxygen atoms in total. The number of aryl methyl sites for hydroxylation is 1. The summed E-state index contributed by atoms with van der Waals surface area (Å²) in [7, 11) is 0. The maximum absolute atomic E-state index is 3.87. The third kappa shape index (κ3) is 2.40. The summed E-state index contributed by atoms with van der Waals surface area (Å²) in [5.74, 6) is 0.822. The molecule has 0 aliphatic heterocycles. The molecule has 0 spiro atoms. The second-order valence-electron chi connectivity index (χ2n) is 1.30. The molecule has 3 heteroatoms. The first kappa shape index (κ1) is 8.08. The molecule has 1 rings (SSSR count). The number of hydrogen-bond acceptors (Lipinski definition) is 2. The number of aromatic nitrogens is 2. The fourth-order valence-corrected chi connectivity index (χ4v) is 0.374. The van der Waals surface area contributed by atoms with E-state index in [4.69, 9.17) is 0 Å². The summed E-state index contributed by atoms with van der Waals surface area (Å²) in [5.41, 5.74) is 0. The molecule has 0 fully saturated rings. The molecular weight excluding hydrogens is 111 g/mol. The predicted octanol–water partition coefficient (Wildman–Crippen LogP) is -2.21. The van der Waals surface area contributed by atoms with E-state index in [1.54, 1.807) is 18.5 Å². The van der Waals surface area contributed by atoms with Crippen molar-refractivity contribution in [2.75, 3.05) is 0 Å². The third-order valence-corrected chi connectivity index (χ3v) is 0.695. The Morgan fingerprint density at radius 1 is 1.25 bits per heavy atom. The first-order valence-corrected chi connectivity index (χ1v) is 2.13. The summed E-state index contributed by atoms with van der Waals surface area (Å²) in [4.78, 5) is 7.74. The molecular formula is C5H6N2Na+. The molecule has 0 amide bonds. The van der Waals surface area contributed by atoms with E-state index in [9.17, 15) is 0 Å². The molecule has 0 saturated carbocycles. The fraction of sp³-hybridized carbons (Fsp3) is 0.200. The third-order valence-electron chi connectivity index (χ3n) is 0.695. The van der Waals surface area contributed by atoms with Gasteiger partial charge >= 0.3 is 29.6 Å². The van der Waals surface area contributed by atoms with E-state index in [2.05, 4.69) is 9.97 Å². The van der Waals surface area contributed by atoms with Crippen LogP contribution in [0.25, 0.3) is 0 Å². The second-order valence-corrected chi connectivity index (χ2v) is 1.30. The van der Waals surface area contributed by atoms with E-state index < -0.39 is 0 Å². The molecule has 0 aliphatic carbocycles. The van der Waals surface area contributed by atoms with Gasteiger partial charge in [-0.05, 0) is 13.0 Å². The first-order valence-electron chi connectivity index (χ1n) is 2.13. The smallest absolute Gasteiger partial charge is 0.242 e. The largest absolute Gasteiger partial charge is 1.00 e. The van der Waals surface area contributed by atoms with Gasteiger partial charge in [0.25, 0.3) is 0 Å². The summed E-state index contributed by atoms with van der Waals surface area (Å²) in [6.07, 6.45) is 3.45. The van der Waals surface area contributed by atoms with Gasteiger partial charge in [0.1, 0.15) is 5.82 Å². The topological polar surface area (TPSA) is 25.8 Å². The van der Waals surface area contributed by atoms with Crippen molar-refractivity contribution in [3.63, 3.8) is 0 Å². The summed E-state index contributed by atoms with van der Waals surface area (Å²) in [6.45, 7) is 1.86. The molecule has 1 aromatic rings. The van der Waals surface area contributed by atoms with E-state index in [-0.39, 0.29) is 29.6 Å². The molecule has 0 bridgehead atoms. The van der Waals surface area contributed by atoms with Gasteiger partial charge in [0, 0.05) is 12.4 Å². The number of nitrogens with zero attached hydrogens (tertiary/aromatic N) is 2. The van der Waals surface area contributed by atoms with Crippen LogP contribution in [0.2, 0.25) is 0 Å². The zero-order chi connectivity index (χ0) is 5.11. The summed E-state index contributed by atoms with van der Waals surface area (Å²) in [5, 5.41) is 0. The van der Waals surface area contributed by atoms with Gasteiger partial charge in [-0.1, -0.05) is 0 Å². The SMILES string of the molecule is Cc1ncccn1.[Na+]. The molecule has 0 aromatic carbocycles. The van der Waals surface area contributed by atoms with Crippen molar-refractivity contribution >= 4 is 0 Å². The maximum atomic E-state index is 3.87. The fourth-order valence-electron chi connectivity index (χ4n) is 0.374. The molecule has 0 unspecified atom stereocenters. The zero-order valence-electron chi connectivity index (χ0n) is 5.13. The van der Waals surface area contributed by atoms with Crippen LogP contribution >= 0.6 is 0 Å². The van der Waals surface area contributed by atoms with Crippen LogP contribution in [-0.4, -0.2) is 9.97 Å². The number of rotatable bonds is 0. The molecule has 0 aliphatic rings. The van der Waals surface area contributed by atoms with E-state index in [0.717, 1.165) is 5.82 Å². The van der Waals surface area contributed by atoms with Gasteiger partial charge in [0.2, 0.25) is 0 Å². The normalized spacial score (nSPS) is 7.62. The van der Waals surface area contributed by atoms with Crippen molar-refractivity contribution in [3.05, 3.63) is 24.3 Å². The quantitative estimate of drug-likeness (QED) is 0.360. The summed E-state index contributed by atoms with van der Waals surface area (Å²) in [6, 6.07) is 1.80. The molecule has 0 atom stereocenters. The van der Waals surface area contributed by atoms with E-state index in [1.165, 1.54) is 0 Å². The van der Waals surface area contributed by atoms with Crippen LogP contribution in [0.1, 0.15) is 5.82 Å². The van der Waals surface area contributed by atoms with Gasteiger partial charge < -0.3 is 0 Å². The summed E-state index contributed by atoms with van der Waals surface area (Å²) < 4.78 is 0. The van der Waals surface area contributed by atoms with Gasteiger partial charge in [-0.15, -0.1) is 0 Å². The van der Waals surface area contributed by atoms with Gasteiger partial charge in [-0.3, -0.25) is 0 Å². The summed E-state index contributed by atoms with van der Waals surface area (Å²) >= 11 is 0. The number of hydrogen-bond donors (Lipinski definition) is 0. The molecule has 8 heavy (non-hydrogen) atoms. The van der Waals surface area contributed by atoms with Crippen LogP contribution in [0, 0.1) is 6.92 Å². The molecule has 36 valence electrons.